The molecule has 0 radical (unpaired) electrons. The molecule has 2 aromatic carbocycles. The SMILES string of the molecule is Cc1ccccc1Oc1c(N2CCCC2)cc(C(=O)O)cc1S(N)(=O)=O. The highest BCUT2D eigenvalue weighted by Gasteiger charge is 2.27. The number of nitrogens with two attached hydrogens (primary N) is 1. The average Bonchev–Trinajstić information content (AvgIpc) is 3.10. The number of rotatable bonds is 5. The molecule has 0 amide bonds. The number of carboxylic acids is 1. The zero-order valence-electron chi connectivity index (χ0n) is 14.3. The van der Waals surface area contributed by atoms with Gasteiger partial charge in [0.1, 0.15) is 10.6 Å². The van der Waals surface area contributed by atoms with Crippen molar-refractivity contribution in [3.63, 3.8) is 0 Å². The molecule has 0 spiro atoms. The molecule has 26 heavy (non-hydrogen) atoms. The van der Waals surface area contributed by atoms with Crippen LogP contribution >= 0.6 is 0 Å². The van der Waals surface area contributed by atoms with Crippen molar-refractivity contribution in [1.29, 1.82) is 0 Å². The summed E-state index contributed by atoms with van der Waals surface area (Å²) >= 11 is 0. The van der Waals surface area contributed by atoms with Crippen molar-refractivity contribution in [1.82, 2.24) is 0 Å². The van der Waals surface area contributed by atoms with Crippen molar-refractivity contribution in [3.05, 3.63) is 47.5 Å². The Balaban J connectivity index is 2.24. The van der Waals surface area contributed by atoms with E-state index in [4.69, 9.17) is 9.88 Å². The number of aromatic carboxylic acids is 1. The summed E-state index contributed by atoms with van der Waals surface area (Å²) in [5, 5.41) is 14.7. The van der Waals surface area contributed by atoms with Crippen LogP contribution in [-0.4, -0.2) is 32.6 Å². The van der Waals surface area contributed by atoms with Crippen LogP contribution in [0.3, 0.4) is 0 Å². The molecule has 3 N–H and O–H groups in total. The third-order valence-corrected chi connectivity index (χ3v) is 5.26. The normalized spacial score (nSPS) is 14.5. The molecule has 0 atom stereocenters. The van der Waals surface area contributed by atoms with Crippen LogP contribution in [0.25, 0.3) is 0 Å². The average molecular weight is 376 g/mol. The van der Waals surface area contributed by atoms with Crippen LogP contribution in [0.15, 0.2) is 41.3 Å². The first-order valence-electron chi connectivity index (χ1n) is 8.20. The molecule has 7 nitrogen and oxygen atoms in total. The smallest absolute Gasteiger partial charge is 0.335 e. The predicted molar refractivity (Wildman–Crippen MR) is 97.5 cm³/mol. The highest BCUT2D eigenvalue weighted by molar-refractivity contribution is 7.89. The molecule has 0 unspecified atom stereocenters. The number of primary sulfonamides is 1. The van der Waals surface area contributed by atoms with Gasteiger partial charge in [-0.3, -0.25) is 0 Å². The fourth-order valence-corrected chi connectivity index (χ4v) is 3.69. The zero-order chi connectivity index (χ0) is 18.9. The van der Waals surface area contributed by atoms with Crippen LogP contribution < -0.4 is 14.8 Å². The Bertz CT molecular complexity index is 950. The first kappa shape index (κ1) is 18.2. The second kappa shape index (κ2) is 6.97. The van der Waals surface area contributed by atoms with Crippen molar-refractivity contribution in [2.45, 2.75) is 24.7 Å². The van der Waals surface area contributed by atoms with Crippen molar-refractivity contribution in [2.24, 2.45) is 5.14 Å². The zero-order valence-corrected chi connectivity index (χ0v) is 15.1. The van der Waals surface area contributed by atoms with Crippen LogP contribution in [0.2, 0.25) is 0 Å². The van der Waals surface area contributed by atoms with Gasteiger partial charge in [0, 0.05) is 13.1 Å². The molecule has 1 heterocycles. The van der Waals surface area contributed by atoms with Crippen molar-refractivity contribution in [2.75, 3.05) is 18.0 Å². The summed E-state index contributed by atoms with van der Waals surface area (Å²) in [6, 6.07) is 9.67. The number of sulfonamides is 1. The molecule has 1 aliphatic heterocycles. The lowest BCUT2D eigenvalue weighted by Crippen LogP contribution is -2.22. The number of hydrogen-bond donors (Lipinski definition) is 2. The van der Waals surface area contributed by atoms with Gasteiger partial charge in [-0.15, -0.1) is 0 Å². The van der Waals surface area contributed by atoms with Gasteiger partial charge in [0.25, 0.3) is 0 Å². The van der Waals surface area contributed by atoms with Crippen LogP contribution in [0.4, 0.5) is 5.69 Å². The van der Waals surface area contributed by atoms with Gasteiger partial charge in [-0.1, -0.05) is 18.2 Å². The van der Waals surface area contributed by atoms with E-state index in [0.29, 0.717) is 24.5 Å². The molecule has 0 saturated carbocycles. The third kappa shape index (κ3) is 3.66. The summed E-state index contributed by atoms with van der Waals surface area (Å²) in [6.07, 6.45) is 1.87. The van der Waals surface area contributed by atoms with E-state index in [1.165, 1.54) is 6.07 Å². The fourth-order valence-electron chi connectivity index (χ4n) is 3.00. The number of carboxylic acid groups (broad SMARTS) is 1. The topological polar surface area (TPSA) is 110 Å². The number of ether oxygens (including phenoxy) is 1. The van der Waals surface area contributed by atoms with Gasteiger partial charge in [-0.05, 0) is 43.5 Å². The largest absolute Gasteiger partial charge is 0.478 e. The Kier molecular flexibility index (Phi) is 4.88. The summed E-state index contributed by atoms with van der Waals surface area (Å²) in [4.78, 5) is 13.1. The number of para-hydroxylation sites is 1. The van der Waals surface area contributed by atoms with Crippen molar-refractivity contribution >= 4 is 21.7 Å². The number of aryl methyl sites for hydroxylation is 1. The van der Waals surface area contributed by atoms with Gasteiger partial charge in [0.2, 0.25) is 10.0 Å². The quantitative estimate of drug-likeness (QED) is 0.830. The van der Waals surface area contributed by atoms with Crippen LogP contribution in [0.1, 0.15) is 28.8 Å². The summed E-state index contributed by atoms with van der Waals surface area (Å²) in [5.74, 6) is -0.674. The minimum Gasteiger partial charge on any atom is -0.478 e. The number of carbonyl (C=O) groups is 1. The lowest BCUT2D eigenvalue weighted by atomic mass is 10.1. The molecular weight excluding hydrogens is 356 g/mol. The summed E-state index contributed by atoms with van der Waals surface area (Å²) in [6.45, 7) is 3.22. The predicted octanol–water partition coefficient (Wildman–Crippen LogP) is 2.73. The minimum atomic E-state index is -4.19. The van der Waals surface area contributed by atoms with E-state index in [-0.39, 0.29) is 16.2 Å². The minimum absolute atomic E-state index is 0.0636. The molecule has 1 aliphatic rings. The summed E-state index contributed by atoms with van der Waals surface area (Å²) in [7, 11) is -4.19. The molecular formula is C18H20N2O5S. The molecule has 1 saturated heterocycles. The highest BCUT2D eigenvalue weighted by atomic mass is 32.2. The van der Waals surface area contributed by atoms with E-state index in [1.54, 1.807) is 12.1 Å². The summed E-state index contributed by atoms with van der Waals surface area (Å²) in [5.41, 5.74) is 1.10. The Morgan fingerprint density at radius 1 is 1.19 bits per heavy atom. The standard InChI is InChI=1S/C18H20N2O5S/c1-12-6-2-3-7-15(12)25-17-14(20-8-4-5-9-20)10-13(18(21)22)11-16(17)26(19,23)24/h2-3,6-7,10-11H,4-5,8-9H2,1H3,(H,21,22)(H2,19,23,24). The molecule has 3 rings (SSSR count). The van der Waals surface area contributed by atoms with Crippen LogP contribution in [-0.2, 0) is 10.0 Å². The van der Waals surface area contributed by atoms with Crippen LogP contribution in [0.5, 0.6) is 11.5 Å². The molecule has 1 fully saturated rings. The lowest BCUT2D eigenvalue weighted by molar-refractivity contribution is 0.0696. The Morgan fingerprint density at radius 2 is 1.85 bits per heavy atom. The van der Waals surface area contributed by atoms with Crippen molar-refractivity contribution < 1.29 is 23.1 Å². The lowest BCUT2D eigenvalue weighted by Gasteiger charge is -2.24. The van der Waals surface area contributed by atoms with E-state index in [1.807, 2.05) is 24.0 Å². The van der Waals surface area contributed by atoms with E-state index in [9.17, 15) is 18.3 Å². The Hall–Kier alpha value is -2.58. The van der Waals surface area contributed by atoms with E-state index >= 15 is 0 Å². The van der Waals surface area contributed by atoms with Gasteiger partial charge in [0.05, 0.1) is 11.3 Å². The molecule has 0 bridgehead atoms. The molecule has 138 valence electrons. The number of benzene rings is 2. The van der Waals surface area contributed by atoms with Gasteiger partial charge in [0.15, 0.2) is 5.75 Å². The molecule has 0 aliphatic carbocycles. The molecule has 0 aromatic heterocycles. The first-order valence-corrected chi connectivity index (χ1v) is 9.74. The maximum atomic E-state index is 12.2. The first-order chi connectivity index (χ1) is 12.3. The monoisotopic (exact) mass is 376 g/mol. The summed E-state index contributed by atoms with van der Waals surface area (Å²) < 4.78 is 30.3. The van der Waals surface area contributed by atoms with E-state index < -0.39 is 16.0 Å². The van der Waals surface area contributed by atoms with Gasteiger partial charge >= 0.3 is 5.97 Å². The van der Waals surface area contributed by atoms with Crippen molar-refractivity contribution in [3.8, 4) is 11.5 Å². The maximum absolute atomic E-state index is 12.2. The number of hydrogen-bond acceptors (Lipinski definition) is 5. The number of nitrogens with zero attached hydrogens (tertiary/aromatic N) is 1. The highest BCUT2D eigenvalue weighted by Crippen LogP contribution is 2.41. The van der Waals surface area contributed by atoms with E-state index in [0.717, 1.165) is 24.5 Å². The van der Waals surface area contributed by atoms with Gasteiger partial charge in [-0.25, -0.2) is 18.4 Å². The van der Waals surface area contributed by atoms with Gasteiger partial charge in [-0.2, -0.15) is 0 Å². The third-order valence-electron chi connectivity index (χ3n) is 4.34. The number of anilines is 1. The van der Waals surface area contributed by atoms with Gasteiger partial charge < -0.3 is 14.7 Å². The maximum Gasteiger partial charge on any atom is 0.335 e. The fraction of sp³-hybridized carbons (Fsp3) is 0.278. The second-order valence-electron chi connectivity index (χ2n) is 6.23. The van der Waals surface area contributed by atoms with Crippen LogP contribution in [0, 0.1) is 6.92 Å². The molecule has 2 aromatic rings. The molecule has 8 heteroatoms. The Morgan fingerprint density at radius 3 is 2.42 bits per heavy atom. The Labute approximate surface area is 152 Å². The van der Waals surface area contributed by atoms with E-state index in [2.05, 4.69) is 0 Å². The second-order valence-corrected chi connectivity index (χ2v) is 7.76.